The second-order valence-corrected chi connectivity index (χ2v) is 5.00. The molecule has 2 aromatic carbocycles. The molecule has 0 atom stereocenters. The molecule has 3 aromatic rings. The SMILES string of the molecule is COc1cc(OC)cc(C(=O)Nc2cccc(-c3cnco3)c2)c1. The van der Waals surface area contributed by atoms with Gasteiger partial charge in [-0.05, 0) is 24.3 Å². The van der Waals surface area contributed by atoms with Crippen molar-refractivity contribution in [1.82, 2.24) is 4.98 Å². The number of oxazole rings is 1. The lowest BCUT2D eigenvalue weighted by atomic mass is 10.1. The lowest BCUT2D eigenvalue weighted by Crippen LogP contribution is -2.12. The van der Waals surface area contributed by atoms with Gasteiger partial charge < -0.3 is 19.2 Å². The van der Waals surface area contributed by atoms with Gasteiger partial charge >= 0.3 is 0 Å². The molecule has 0 aliphatic heterocycles. The Kier molecular flexibility index (Phi) is 4.47. The number of nitrogens with one attached hydrogen (secondary N) is 1. The van der Waals surface area contributed by atoms with Gasteiger partial charge in [0.25, 0.3) is 5.91 Å². The van der Waals surface area contributed by atoms with Gasteiger partial charge in [-0.25, -0.2) is 4.98 Å². The van der Waals surface area contributed by atoms with E-state index >= 15 is 0 Å². The van der Waals surface area contributed by atoms with Crippen molar-refractivity contribution in [3.05, 3.63) is 60.6 Å². The Bertz CT molecular complexity index is 822. The van der Waals surface area contributed by atoms with E-state index in [9.17, 15) is 4.79 Å². The quantitative estimate of drug-likeness (QED) is 0.776. The first-order valence-corrected chi connectivity index (χ1v) is 7.23. The number of benzene rings is 2. The molecule has 24 heavy (non-hydrogen) atoms. The van der Waals surface area contributed by atoms with Crippen LogP contribution in [0.2, 0.25) is 0 Å². The van der Waals surface area contributed by atoms with E-state index in [0.29, 0.717) is 28.5 Å². The van der Waals surface area contributed by atoms with Crippen molar-refractivity contribution < 1.29 is 18.7 Å². The standard InChI is InChI=1S/C18H16N2O4/c1-22-15-7-13(8-16(9-15)23-2)18(21)20-14-5-3-4-12(6-14)17-10-19-11-24-17/h3-11H,1-2H3,(H,20,21). The van der Waals surface area contributed by atoms with Crippen LogP contribution in [0, 0.1) is 0 Å². The number of carbonyl (C=O) groups excluding carboxylic acids is 1. The molecular formula is C18H16N2O4. The first-order chi connectivity index (χ1) is 11.7. The largest absolute Gasteiger partial charge is 0.497 e. The van der Waals surface area contributed by atoms with E-state index in [1.807, 2.05) is 18.2 Å². The first-order valence-electron chi connectivity index (χ1n) is 7.23. The fraction of sp³-hybridized carbons (Fsp3) is 0.111. The minimum Gasteiger partial charge on any atom is -0.497 e. The van der Waals surface area contributed by atoms with Gasteiger partial charge in [-0.1, -0.05) is 12.1 Å². The Morgan fingerprint density at radius 2 is 1.83 bits per heavy atom. The van der Waals surface area contributed by atoms with Crippen molar-refractivity contribution in [1.29, 1.82) is 0 Å². The Balaban J connectivity index is 1.84. The first kappa shape index (κ1) is 15.6. The van der Waals surface area contributed by atoms with Gasteiger partial charge in [0, 0.05) is 22.9 Å². The fourth-order valence-electron chi connectivity index (χ4n) is 2.25. The molecular weight excluding hydrogens is 308 g/mol. The highest BCUT2D eigenvalue weighted by molar-refractivity contribution is 6.05. The number of anilines is 1. The molecule has 6 heteroatoms. The van der Waals surface area contributed by atoms with E-state index in [0.717, 1.165) is 5.56 Å². The van der Waals surface area contributed by atoms with E-state index < -0.39 is 0 Å². The number of amides is 1. The Morgan fingerprint density at radius 3 is 2.46 bits per heavy atom. The van der Waals surface area contributed by atoms with E-state index in [-0.39, 0.29) is 5.91 Å². The summed E-state index contributed by atoms with van der Waals surface area (Å²) >= 11 is 0. The van der Waals surface area contributed by atoms with Crippen LogP contribution in [0.3, 0.4) is 0 Å². The van der Waals surface area contributed by atoms with Gasteiger partial charge in [0.2, 0.25) is 0 Å². The Labute approximate surface area is 139 Å². The molecule has 122 valence electrons. The number of aromatic nitrogens is 1. The average Bonchev–Trinajstić information content (AvgIpc) is 3.16. The van der Waals surface area contributed by atoms with Crippen LogP contribution in [0.1, 0.15) is 10.4 Å². The molecule has 0 saturated carbocycles. The highest BCUT2D eigenvalue weighted by atomic mass is 16.5. The Morgan fingerprint density at radius 1 is 1.08 bits per heavy atom. The molecule has 0 saturated heterocycles. The predicted octanol–water partition coefficient (Wildman–Crippen LogP) is 3.61. The van der Waals surface area contributed by atoms with Gasteiger partial charge in [0.05, 0.1) is 20.4 Å². The highest BCUT2D eigenvalue weighted by Crippen LogP contribution is 2.25. The molecule has 6 nitrogen and oxygen atoms in total. The third-order valence-electron chi connectivity index (χ3n) is 3.45. The third-order valence-corrected chi connectivity index (χ3v) is 3.45. The van der Waals surface area contributed by atoms with Crippen LogP contribution < -0.4 is 14.8 Å². The number of hydrogen-bond donors (Lipinski definition) is 1. The monoisotopic (exact) mass is 324 g/mol. The van der Waals surface area contributed by atoms with Crippen LogP contribution in [-0.4, -0.2) is 25.1 Å². The fourth-order valence-corrected chi connectivity index (χ4v) is 2.25. The minimum absolute atomic E-state index is 0.262. The maximum atomic E-state index is 12.5. The molecule has 1 N–H and O–H groups in total. The van der Waals surface area contributed by atoms with Gasteiger partial charge in [0.15, 0.2) is 12.2 Å². The second-order valence-electron chi connectivity index (χ2n) is 5.00. The number of hydrogen-bond acceptors (Lipinski definition) is 5. The van der Waals surface area contributed by atoms with Crippen LogP contribution in [-0.2, 0) is 0 Å². The van der Waals surface area contributed by atoms with Crippen molar-refractivity contribution in [3.8, 4) is 22.8 Å². The van der Waals surface area contributed by atoms with Crippen LogP contribution >= 0.6 is 0 Å². The lowest BCUT2D eigenvalue weighted by molar-refractivity contribution is 0.102. The van der Waals surface area contributed by atoms with Crippen LogP contribution in [0.5, 0.6) is 11.5 Å². The molecule has 0 aliphatic rings. The van der Waals surface area contributed by atoms with Crippen molar-refractivity contribution in [3.63, 3.8) is 0 Å². The van der Waals surface area contributed by atoms with Crippen LogP contribution in [0.25, 0.3) is 11.3 Å². The van der Waals surface area contributed by atoms with Gasteiger partial charge in [0.1, 0.15) is 11.5 Å². The molecule has 0 radical (unpaired) electrons. The smallest absolute Gasteiger partial charge is 0.255 e. The summed E-state index contributed by atoms with van der Waals surface area (Å²) in [6, 6.07) is 12.3. The topological polar surface area (TPSA) is 73.6 Å². The van der Waals surface area contributed by atoms with Gasteiger partial charge in [-0.15, -0.1) is 0 Å². The average molecular weight is 324 g/mol. The molecule has 3 rings (SSSR count). The summed E-state index contributed by atoms with van der Waals surface area (Å²) in [4.78, 5) is 16.4. The van der Waals surface area contributed by atoms with E-state index in [4.69, 9.17) is 13.9 Å². The zero-order valence-corrected chi connectivity index (χ0v) is 13.3. The Hall–Kier alpha value is -3.28. The van der Waals surface area contributed by atoms with Crippen LogP contribution in [0.15, 0.2) is 59.5 Å². The normalized spacial score (nSPS) is 10.2. The summed E-state index contributed by atoms with van der Waals surface area (Å²) in [5.74, 6) is 1.47. The second kappa shape index (κ2) is 6.87. The number of methoxy groups -OCH3 is 2. The molecule has 0 aliphatic carbocycles. The molecule has 0 fully saturated rings. The third kappa shape index (κ3) is 3.38. The summed E-state index contributed by atoms with van der Waals surface area (Å²) < 4.78 is 15.6. The minimum atomic E-state index is -0.262. The summed E-state index contributed by atoms with van der Waals surface area (Å²) in [6.45, 7) is 0. The molecule has 1 aromatic heterocycles. The molecule has 0 unspecified atom stereocenters. The number of ether oxygens (including phenoxy) is 2. The molecule has 0 bridgehead atoms. The zero-order valence-electron chi connectivity index (χ0n) is 13.3. The molecule has 1 amide bonds. The van der Waals surface area contributed by atoms with Crippen molar-refractivity contribution in [2.75, 3.05) is 19.5 Å². The zero-order chi connectivity index (χ0) is 16.9. The summed E-state index contributed by atoms with van der Waals surface area (Å²) in [5, 5.41) is 2.85. The maximum Gasteiger partial charge on any atom is 0.255 e. The summed E-state index contributed by atoms with van der Waals surface area (Å²) in [7, 11) is 3.08. The summed E-state index contributed by atoms with van der Waals surface area (Å²) in [6.07, 6.45) is 2.98. The van der Waals surface area contributed by atoms with Crippen molar-refractivity contribution >= 4 is 11.6 Å². The maximum absolute atomic E-state index is 12.5. The molecule has 0 spiro atoms. The van der Waals surface area contributed by atoms with E-state index in [2.05, 4.69) is 10.3 Å². The lowest BCUT2D eigenvalue weighted by Gasteiger charge is -2.10. The highest BCUT2D eigenvalue weighted by Gasteiger charge is 2.11. The van der Waals surface area contributed by atoms with Crippen molar-refractivity contribution in [2.24, 2.45) is 0 Å². The number of carbonyl (C=O) groups is 1. The predicted molar refractivity (Wildman–Crippen MR) is 89.4 cm³/mol. The number of rotatable bonds is 5. The number of nitrogens with zero attached hydrogens (tertiary/aromatic N) is 1. The molecule has 1 heterocycles. The van der Waals surface area contributed by atoms with Gasteiger partial charge in [-0.3, -0.25) is 4.79 Å². The van der Waals surface area contributed by atoms with Gasteiger partial charge in [-0.2, -0.15) is 0 Å². The van der Waals surface area contributed by atoms with Crippen LogP contribution in [0.4, 0.5) is 5.69 Å². The van der Waals surface area contributed by atoms with E-state index in [1.54, 1.807) is 30.5 Å². The summed E-state index contributed by atoms with van der Waals surface area (Å²) in [5.41, 5.74) is 1.92. The van der Waals surface area contributed by atoms with E-state index in [1.165, 1.54) is 20.6 Å². The van der Waals surface area contributed by atoms with Crippen molar-refractivity contribution in [2.45, 2.75) is 0 Å².